The Bertz CT molecular complexity index is 793. The molecular formula is C20H22N2O2. The zero-order chi connectivity index (χ0) is 16.9. The second-order valence-electron chi connectivity index (χ2n) is 7.42. The Hall–Kier alpha value is -2.49. The summed E-state index contributed by atoms with van der Waals surface area (Å²) in [7, 11) is 0. The second kappa shape index (κ2) is 5.26. The Kier molecular flexibility index (Phi) is 3.30. The molecule has 1 unspecified atom stereocenters. The molecule has 0 spiro atoms. The highest BCUT2D eigenvalue weighted by Crippen LogP contribution is 2.43. The maximum atomic E-state index is 12.9. The maximum Gasteiger partial charge on any atom is 0.323 e. The molecule has 4 nitrogen and oxygen atoms in total. The summed E-state index contributed by atoms with van der Waals surface area (Å²) in [6, 6.07) is 14.1. The van der Waals surface area contributed by atoms with Crippen LogP contribution in [-0.2, 0) is 6.42 Å². The minimum absolute atomic E-state index is 0.0530. The molecule has 2 aliphatic heterocycles. The van der Waals surface area contributed by atoms with Gasteiger partial charge in [0.15, 0.2) is 0 Å². The fourth-order valence-electron chi connectivity index (χ4n) is 3.60. The van der Waals surface area contributed by atoms with Crippen LogP contribution in [0.15, 0.2) is 42.5 Å². The molecule has 2 amide bonds. The number of nitrogens with one attached hydrogen (secondary N) is 1. The molecule has 2 aliphatic rings. The van der Waals surface area contributed by atoms with E-state index < -0.39 is 0 Å². The van der Waals surface area contributed by atoms with E-state index in [2.05, 4.69) is 50.4 Å². The van der Waals surface area contributed by atoms with Crippen molar-refractivity contribution in [2.75, 3.05) is 11.5 Å². The van der Waals surface area contributed by atoms with Gasteiger partial charge in [0.05, 0.1) is 18.3 Å². The number of rotatable bonds is 1. The topological polar surface area (TPSA) is 41.6 Å². The Morgan fingerprint density at radius 2 is 1.92 bits per heavy atom. The molecule has 0 fully saturated rings. The van der Waals surface area contributed by atoms with Crippen molar-refractivity contribution >= 4 is 11.7 Å². The zero-order valence-electron chi connectivity index (χ0n) is 14.3. The van der Waals surface area contributed by atoms with E-state index in [-0.39, 0.29) is 17.6 Å². The van der Waals surface area contributed by atoms with E-state index in [0.717, 1.165) is 29.0 Å². The Morgan fingerprint density at radius 3 is 2.62 bits per heavy atom. The number of ether oxygens (including phenoxy) is 1. The van der Waals surface area contributed by atoms with Gasteiger partial charge in [-0.3, -0.25) is 4.90 Å². The van der Waals surface area contributed by atoms with Crippen LogP contribution < -0.4 is 15.0 Å². The molecule has 0 aromatic heterocycles. The van der Waals surface area contributed by atoms with E-state index in [4.69, 9.17) is 4.74 Å². The van der Waals surface area contributed by atoms with Crippen molar-refractivity contribution in [2.45, 2.75) is 38.8 Å². The first-order valence-electron chi connectivity index (χ1n) is 8.40. The SMILES string of the molecule is CC(C)(C)N1C(=O)NC(c2ccccc2)c2cc3c(cc21)CCO3. The maximum absolute atomic E-state index is 12.9. The predicted molar refractivity (Wildman–Crippen MR) is 94.7 cm³/mol. The quantitative estimate of drug-likeness (QED) is 0.861. The molecule has 0 saturated carbocycles. The fraction of sp³-hybridized carbons (Fsp3) is 0.350. The molecule has 1 N–H and O–H groups in total. The monoisotopic (exact) mass is 322 g/mol. The van der Waals surface area contributed by atoms with Gasteiger partial charge in [-0.05, 0) is 44.0 Å². The average molecular weight is 322 g/mol. The summed E-state index contributed by atoms with van der Waals surface area (Å²) in [5, 5.41) is 3.17. The van der Waals surface area contributed by atoms with E-state index in [1.807, 2.05) is 23.1 Å². The summed E-state index contributed by atoms with van der Waals surface area (Å²) >= 11 is 0. The highest BCUT2D eigenvalue weighted by atomic mass is 16.5. The largest absolute Gasteiger partial charge is 0.493 e. The number of hydrogen-bond donors (Lipinski definition) is 1. The lowest BCUT2D eigenvalue weighted by Crippen LogP contribution is -2.55. The molecule has 0 saturated heterocycles. The van der Waals surface area contributed by atoms with E-state index in [1.54, 1.807) is 0 Å². The van der Waals surface area contributed by atoms with Crippen LogP contribution in [0.25, 0.3) is 0 Å². The van der Waals surface area contributed by atoms with Crippen molar-refractivity contribution in [1.82, 2.24) is 5.32 Å². The van der Waals surface area contributed by atoms with Gasteiger partial charge in [-0.1, -0.05) is 30.3 Å². The Morgan fingerprint density at radius 1 is 1.17 bits per heavy atom. The molecule has 2 aromatic carbocycles. The molecule has 1 atom stereocenters. The van der Waals surface area contributed by atoms with Crippen LogP contribution in [0.1, 0.15) is 43.5 Å². The minimum Gasteiger partial charge on any atom is -0.493 e. The number of amides is 2. The van der Waals surface area contributed by atoms with Crippen LogP contribution in [0.3, 0.4) is 0 Å². The van der Waals surface area contributed by atoms with Crippen molar-refractivity contribution in [3.05, 3.63) is 59.2 Å². The third-order valence-electron chi connectivity index (χ3n) is 4.67. The zero-order valence-corrected chi connectivity index (χ0v) is 14.3. The first kappa shape index (κ1) is 15.1. The lowest BCUT2D eigenvalue weighted by molar-refractivity contribution is 0.236. The van der Waals surface area contributed by atoms with Gasteiger partial charge in [0, 0.05) is 17.5 Å². The van der Waals surface area contributed by atoms with Crippen molar-refractivity contribution in [1.29, 1.82) is 0 Å². The summed E-state index contributed by atoms with van der Waals surface area (Å²) in [6.07, 6.45) is 0.901. The molecule has 0 aliphatic carbocycles. The third kappa shape index (κ3) is 2.33. The summed E-state index contributed by atoms with van der Waals surface area (Å²) in [4.78, 5) is 14.7. The standard InChI is InChI=1S/C20H22N2O2/c1-20(2,3)22-16-11-14-9-10-24-17(14)12-15(16)18(21-19(22)23)13-7-5-4-6-8-13/h4-8,11-12,18H,9-10H2,1-3H3,(H,21,23). The predicted octanol–water partition coefficient (Wildman–Crippen LogP) is 4.04. The summed E-state index contributed by atoms with van der Waals surface area (Å²) in [6.45, 7) is 6.89. The smallest absolute Gasteiger partial charge is 0.323 e. The van der Waals surface area contributed by atoms with Crippen LogP contribution in [0.5, 0.6) is 5.75 Å². The van der Waals surface area contributed by atoms with Gasteiger partial charge < -0.3 is 10.1 Å². The van der Waals surface area contributed by atoms with Crippen molar-refractivity contribution < 1.29 is 9.53 Å². The lowest BCUT2D eigenvalue weighted by atomic mass is 9.91. The van der Waals surface area contributed by atoms with E-state index in [1.165, 1.54) is 5.56 Å². The lowest BCUT2D eigenvalue weighted by Gasteiger charge is -2.42. The van der Waals surface area contributed by atoms with E-state index in [0.29, 0.717) is 6.61 Å². The molecule has 2 heterocycles. The van der Waals surface area contributed by atoms with Crippen LogP contribution in [0.2, 0.25) is 0 Å². The van der Waals surface area contributed by atoms with Crippen molar-refractivity contribution in [3.8, 4) is 5.75 Å². The van der Waals surface area contributed by atoms with Gasteiger partial charge in [-0.2, -0.15) is 0 Å². The normalized spacial score (nSPS) is 19.4. The molecular weight excluding hydrogens is 300 g/mol. The summed E-state index contributed by atoms with van der Waals surface area (Å²) in [5.41, 5.74) is 4.05. The molecule has 4 rings (SSSR count). The van der Waals surface area contributed by atoms with E-state index >= 15 is 0 Å². The van der Waals surface area contributed by atoms with Crippen LogP contribution in [-0.4, -0.2) is 18.2 Å². The molecule has 4 heteroatoms. The number of benzene rings is 2. The number of carbonyl (C=O) groups is 1. The van der Waals surface area contributed by atoms with Crippen LogP contribution in [0, 0.1) is 0 Å². The molecule has 124 valence electrons. The average Bonchev–Trinajstić information content (AvgIpc) is 2.99. The van der Waals surface area contributed by atoms with Gasteiger partial charge >= 0.3 is 6.03 Å². The van der Waals surface area contributed by atoms with Gasteiger partial charge in [-0.25, -0.2) is 4.79 Å². The molecule has 2 aromatic rings. The van der Waals surface area contributed by atoms with Crippen LogP contribution >= 0.6 is 0 Å². The van der Waals surface area contributed by atoms with Crippen molar-refractivity contribution in [3.63, 3.8) is 0 Å². The fourth-order valence-corrected chi connectivity index (χ4v) is 3.60. The van der Waals surface area contributed by atoms with Gasteiger partial charge in [-0.15, -0.1) is 0 Å². The second-order valence-corrected chi connectivity index (χ2v) is 7.42. The molecule has 24 heavy (non-hydrogen) atoms. The highest BCUT2D eigenvalue weighted by Gasteiger charge is 2.38. The number of carbonyl (C=O) groups excluding carboxylic acids is 1. The number of urea groups is 1. The Balaban J connectivity index is 1.92. The van der Waals surface area contributed by atoms with Gasteiger partial charge in [0.2, 0.25) is 0 Å². The number of nitrogens with zero attached hydrogens (tertiary/aromatic N) is 1. The summed E-state index contributed by atoms with van der Waals surface area (Å²) in [5.74, 6) is 0.944. The first-order chi connectivity index (χ1) is 11.4. The number of anilines is 1. The minimum atomic E-state index is -0.297. The highest BCUT2D eigenvalue weighted by molar-refractivity contribution is 5.97. The number of fused-ring (bicyclic) bond motifs is 2. The first-order valence-corrected chi connectivity index (χ1v) is 8.40. The van der Waals surface area contributed by atoms with Crippen molar-refractivity contribution in [2.24, 2.45) is 0 Å². The van der Waals surface area contributed by atoms with Gasteiger partial charge in [0.1, 0.15) is 5.75 Å². The van der Waals surface area contributed by atoms with Gasteiger partial charge in [0.25, 0.3) is 0 Å². The molecule has 0 radical (unpaired) electrons. The summed E-state index contributed by atoms with van der Waals surface area (Å²) < 4.78 is 5.77. The van der Waals surface area contributed by atoms with Crippen LogP contribution in [0.4, 0.5) is 10.5 Å². The Labute approximate surface area is 142 Å². The molecule has 0 bridgehead atoms. The van der Waals surface area contributed by atoms with E-state index in [9.17, 15) is 4.79 Å². The third-order valence-corrected chi connectivity index (χ3v) is 4.67. The number of hydrogen-bond acceptors (Lipinski definition) is 2.